The SMILES string of the molecule is CC1CCc2ccc3c(c21)CCC1CCCC31. The van der Waals surface area contributed by atoms with E-state index in [1.807, 2.05) is 0 Å². The van der Waals surface area contributed by atoms with Crippen LogP contribution in [0.25, 0.3) is 0 Å². The number of fused-ring (bicyclic) bond motifs is 5. The molecule has 0 spiro atoms. The molecule has 1 aromatic rings. The molecule has 1 fully saturated rings. The molecule has 3 aliphatic carbocycles. The molecule has 3 unspecified atom stereocenters. The van der Waals surface area contributed by atoms with Gasteiger partial charge in [0.25, 0.3) is 0 Å². The monoisotopic (exact) mass is 226 g/mol. The van der Waals surface area contributed by atoms with E-state index in [1.165, 1.54) is 44.9 Å². The fraction of sp³-hybridized carbons (Fsp3) is 0.647. The Bertz CT molecular complexity index is 457. The Morgan fingerprint density at radius 1 is 1.00 bits per heavy atom. The summed E-state index contributed by atoms with van der Waals surface area (Å²) in [7, 11) is 0. The summed E-state index contributed by atoms with van der Waals surface area (Å²) >= 11 is 0. The van der Waals surface area contributed by atoms with E-state index in [9.17, 15) is 0 Å². The van der Waals surface area contributed by atoms with Crippen molar-refractivity contribution in [2.45, 2.75) is 63.7 Å². The van der Waals surface area contributed by atoms with Crippen LogP contribution in [0.4, 0.5) is 0 Å². The molecule has 1 saturated carbocycles. The fourth-order valence-electron chi connectivity index (χ4n) is 4.83. The van der Waals surface area contributed by atoms with E-state index in [2.05, 4.69) is 19.1 Å². The second-order valence-corrected chi connectivity index (χ2v) is 6.48. The third kappa shape index (κ3) is 1.36. The Morgan fingerprint density at radius 3 is 2.88 bits per heavy atom. The molecule has 0 bridgehead atoms. The van der Waals surface area contributed by atoms with Crippen LogP contribution in [-0.4, -0.2) is 0 Å². The van der Waals surface area contributed by atoms with Gasteiger partial charge in [0, 0.05) is 0 Å². The molecule has 0 nitrogen and oxygen atoms in total. The molecule has 0 aromatic heterocycles. The lowest BCUT2D eigenvalue weighted by Crippen LogP contribution is -2.18. The first-order valence-corrected chi connectivity index (χ1v) is 7.49. The van der Waals surface area contributed by atoms with Crippen molar-refractivity contribution in [2.75, 3.05) is 0 Å². The molecule has 0 heterocycles. The highest BCUT2D eigenvalue weighted by Gasteiger charge is 2.36. The molecule has 0 amide bonds. The molecule has 4 rings (SSSR count). The summed E-state index contributed by atoms with van der Waals surface area (Å²) in [6, 6.07) is 4.95. The van der Waals surface area contributed by atoms with Crippen molar-refractivity contribution < 1.29 is 0 Å². The highest BCUT2D eigenvalue weighted by molar-refractivity contribution is 5.48. The van der Waals surface area contributed by atoms with Gasteiger partial charge in [-0.1, -0.05) is 25.5 Å². The van der Waals surface area contributed by atoms with Crippen molar-refractivity contribution in [3.8, 4) is 0 Å². The van der Waals surface area contributed by atoms with Crippen LogP contribution < -0.4 is 0 Å². The zero-order valence-electron chi connectivity index (χ0n) is 10.8. The van der Waals surface area contributed by atoms with Crippen molar-refractivity contribution in [1.29, 1.82) is 0 Å². The molecule has 90 valence electrons. The van der Waals surface area contributed by atoms with Crippen molar-refractivity contribution in [3.63, 3.8) is 0 Å². The third-order valence-corrected chi connectivity index (χ3v) is 5.65. The minimum atomic E-state index is 0.831. The molecule has 0 N–H and O–H groups in total. The Kier molecular flexibility index (Phi) is 2.16. The molecular weight excluding hydrogens is 204 g/mol. The number of aryl methyl sites for hydroxylation is 1. The second kappa shape index (κ2) is 3.60. The van der Waals surface area contributed by atoms with Gasteiger partial charge in [0.15, 0.2) is 0 Å². The summed E-state index contributed by atoms with van der Waals surface area (Å²) in [5.41, 5.74) is 6.99. The standard InChI is InChI=1S/C17H22/c1-11-5-6-13-8-9-15-14-4-2-3-12(14)7-10-16(15)17(11)13/h8-9,11-12,14H,2-7,10H2,1H3. The van der Waals surface area contributed by atoms with Gasteiger partial charge in [0.1, 0.15) is 0 Å². The summed E-state index contributed by atoms with van der Waals surface area (Å²) in [6.07, 6.45) is 10.0. The number of hydrogen-bond acceptors (Lipinski definition) is 0. The average molecular weight is 226 g/mol. The van der Waals surface area contributed by atoms with Crippen LogP contribution in [0.5, 0.6) is 0 Å². The predicted molar refractivity (Wildman–Crippen MR) is 71.6 cm³/mol. The van der Waals surface area contributed by atoms with E-state index >= 15 is 0 Å². The maximum absolute atomic E-state index is 2.49. The third-order valence-electron chi connectivity index (χ3n) is 5.65. The van der Waals surface area contributed by atoms with Gasteiger partial charge in [-0.3, -0.25) is 0 Å². The van der Waals surface area contributed by atoms with Crippen molar-refractivity contribution in [3.05, 3.63) is 34.4 Å². The molecule has 3 atom stereocenters. The lowest BCUT2D eigenvalue weighted by atomic mass is 9.74. The van der Waals surface area contributed by atoms with Crippen LogP contribution in [0.3, 0.4) is 0 Å². The quantitative estimate of drug-likeness (QED) is 0.608. The first kappa shape index (κ1) is 10.2. The molecular formula is C17H22. The van der Waals surface area contributed by atoms with Gasteiger partial charge in [-0.2, -0.15) is 0 Å². The molecule has 3 aliphatic rings. The van der Waals surface area contributed by atoms with E-state index in [0.29, 0.717) is 0 Å². The summed E-state index contributed by atoms with van der Waals surface area (Å²) in [4.78, 5) is 0. The Morgan fingerprint density at radius 2 is 1.94 bits per heavy atom. The molecule has 0 heteroatoms. The van der Waals surface area contributed by atoms with Crippen molar-refractivity contribution in [1.82, 2.24) is 0 Å². The van der Waals surface area contributed by atoms with Gasteiger partial charge in [0.2, 0.25) is 0 Å². The van der Waals surface area contributed by atoms with Gasteiger partial charge >= 0.3 is 0 Å². The Hall–Kier alpha value is -0.780. The first-order chi connectivity index (χ1) is 8.34. The van der Waals surface area contributed by atoms with Crippen LogP contribution in [0, 0.1) is 5.92 Å². The summed E-state index contributed by atoms with van der Waals surface area (Å²) in [6.45, 7) is 2.44. The van der Waals surface area contributed by atoms with Gasteiger partial charge < -0.3 is 0 Å². The second-order valence-electron chi connectivity index (χ2n) is 6.48. The lowest BCUT2D eigenvalue weighted by molar-refractivity contribution is 0.421. The van der Waals surface area contributed by atoms with E-state index in [-0.39, 0.29) is 0 Å². The van der Waals surface area contributed by atoms with E-state index < -0.39 is 0 Å². The minimum Gasteiger partial charge on any atom is -0.0585 e. The van der Waals surface area contributed by atoms with Crippen LogP contribution in [0.2, 0.25) is 0 Å². The topological polar surface area (TPSA) is 0 Å². The average Bonchev–Trinajstić information content (AvgIpc) is 2.95. The minimum absolute atomic E-state index is 0.831. The highest BCUT2D eigenvalue weighted by Crippen LogP contribution is 2.50. The number of hydrogen-bond donors (Lipinski definition) is 0. The molecule has 0 aliphatic heterocycles. The van der Waals surface area contributed by atoms with Crippen LogP contribution in [0.15, 0.2) is 12.1 Å². The van der Waals surface area contributed by atoms with Crippen LogP contribution in [0.1, 0.15) is 73.1 Å². The highest BCUT2D eigenvalue weighted by atomic mass is 14.4. The van der Waals surface area contributed by atoms with Crippen molar-refractivity contribution in [2.24, 2.45) is 5.92 Å². The van der Waals surface area contributed by atoms with Gasteiger partial charge in [-0.25, -0.2) is 0 Å². The largest absolute Gasteiger partial charge is 0.0585 e. The van der Waals surface area contributed by atoms with E-state index in [4.69, 9.17) is 0 Å². The van der Waals surface area contributed by atoms with E-state index in [1.54, 1.807) is 22.3 Å². The molecule has 17 heavy (non-hydrogen) atoms. The molecule has 0 saturated heterocycles. The number of rotatable bonds is 0. The fourth-order valence-corrected chi connectivity index (χ4v) is 4.83. The maximum atomic E-state index is 2.49. The van der Waals surface area contributed by atoms with Gasteiger partial charge in [0.05, 0.1) is 0 Å². The van der Waals surface area contributed by atoms with Crippen molar-refractivity contribution >= 4 is 0 Å². The smallest absolute Gasteiger partial charge is 0.0131 e. The van der Waals surface area contributed by atoms with Gasteiger partial charge in [-0.05, 0) is 78.5 Å². The normalized spacial score (nSPS) is 34.3. The zero-order chi connectivity index (χ0) is 11.4. The van der Waals surface area contributed by atoms with Gasteiger partial charge in [-0.15, -0.1) is 0 Å². The number of benzene rings is 1. The summed E-state index contributed by atoms with van der Waals surface area (Å²) in [5.74, 6) is 2.78. The zero-order valence-corrected chi connectivity index (χ0v) is 10.8. The first-order valence-electron chi connectivity index (χ1n) is 7.49. The maximum Gasteiger partial charge on any atom is -0.0131 e. The molecule has 0 radical (unpaired) electrons. The Balaban J connectivity index is 1.87. The predicted octanol–water partition coefficient (Wildman–Crippen LogP) is 4.57. The lowest BCUT2D eigenvalue weighted by Gasteiger charge is -2.31. The van der Waals surface area contributed by atoms with Crippen LogP contribution in [-0.2, 0) is 12.8 Å². The summed E-state index contributed by atoms with van der Waals surface area (Å²) in [5, 5.41) is 0. The summed E-state index contributed by atoms with van der Waals surface area (Å²) < 4.78 is 0. The van der Waals surface area contributed by atoms with E-state index in [0.717, 1.165) is 17.8 Å². The van der Waals surface area contributed by atoms with Crippen LogP contribution >= 0.6 is 0 Å². The Labute approximate surface area is 104 Å². The molecule has 1 aromatic carbocycles.